The molecule has 0 N–H and O–H groups in total. The molecule has 0 amide bonds. The number of rotatable bonds is 1. The van der Waals surface area contributed by atoms with Crippen molar-refractivity contribution < 1.29 is 4.52 Å². The van der Waals surface area contributed by atoms with Crippen LogP contribution in [0.4, 0.5) is 0 Å². The summed E-state index contributed by atoms with van der Waals surface area (Å²) < 4.78 is 5.13. The first kappa shape index (κ1) is 8.17. The summed E-state index contributed by atoms with van der Waals surface area (Å²) in [4.78, 5) is 8.24. The van der Waals surface area contributed by atoms with Crippen LogP contribution in [0.3, 0.4) is 0 Å². The Morgan fingerprint density at radius 1 is 1.36 bits per heavy atom. The summed E-state index contributed by atoms with van der Waals surface area (Å²) >= 11 is 6.03. The van der Waals surface area contributed by atoms with E-state index in [0.717, 1.165) is 23.9 Å². The highest BCUT2D eigenvalue weighted by molar-refractivity contribution is 6.34. The molecule has 2 aromatic heterocycles. The quantitative estimate of drug-likeness (QED) is 0.677. The van der Waals surface area contributed by atoms with Crippen molar-refractivity contribution in [3.63, 3.8) is 0 Å². The van der Waals surface area contributed by atoms with Crippen LogP contribution in [-0.2, 0) is 0 Å². The van der Waals surface area contributed by atoms with E-state index >= 15 is 0 Å². The van der Waals surface area contributed by atoms with Gasteiger partial charge in [-0.25, -0.2) is 4.98 Å². The predicted octanol–water partition coefficient (Wildman–Crippen LogP) is 2.46. The van der Waals surface area contributed by atoms with Crippen molar-refractivity contribution in [2.75, 3.05) is 0 Å². The van der Waals surface area contributed by atoms with Crippen LogP contribution in [0.15, 0.2) is 4.52 Å². The van der Waals surface area contributed by atoms with Gasteiger partial charge in [-0.05, 0) is 19.8 Å². The van der Waals surface area contributed by atoms with Crippen molar-refractivity contribution in [1.82, 2.24) is 15.1 Å². The zero-order valence-corrected chi connectivity index (χ0v) is 8.38. The highest BCUT2D eigenvalue weighted by atomic mass is 35.5. The Morgan fingerprint density at radius 3 is 2.86 bits per heavy atom. The zero-order chi connectivity index (χ0) is 9.71. The van der Waals surface area contributed by atoms with Gasteiger partial charge in [0.15, 0.2) is 0 Å². The first-order chi connectivity index (χ1) is 6.75. The Bertz CT molecular complexity index is 504. The Hall–Kier alpha value is -1.16. The van der Waals surface area contributed by atoms with Gasteiger partial charge in [0.2, 0.25) is 0 Å². The van der Waals surface area contributed by atoms with Crippen LogP contribution in [-0.4, -0.2) is 15.1 Å². The lowest BCUT2D eigenvalue weighted by Crippen LogP contribution is -1.89. The van der Waals surface area contributed by atoms with E-state index in [1.54, 1.807) is 6.92 Å². The average molecular weight is 210 g/mol. The molecule has 5 heteroatoms. The molecule has 1 aliphatic rings. The molecule has 0 radical (unpaired) electrons. The van der Waals surface area contributed by atoms with Gasteiger partial charge in [-0.15, -0.1) is 0 Å². The Labute approximate surface area is 85.3 Å². The molecule has 0 aromatic carbocycles. The maximum absolute atomic E-state index is 6.03. The zero-order valence-electron chi connectivity index (χ0n) is 7.62. The van der Waals surface area contributed by atoms with E-state index in [9.17, 15) is 0 Å². The van der Waals surface area contributed by atoms with E-state index < -0.39 is 0 Å². The molecule has 3 rings (SSSR count). The van der Waals surface area contributed by atoms with Crippen LogP contribution < -0.4 is 0 Å². The Balaban J connectivity index is 2.33. The van der Waals surface area contributed by atoms with Crippen LogP contribution in [0.25, 0.3) is 11.1 Å². The fourth-order valence-electron chi connectivity index (χ4n) is 1.57. The second kappa shape index (κ2) is 2.67. The second-order valence-electron chi connectivity index (χ2n) is 3.58. The first-order valence-corrected chi connectivity index (χ1v) is 4.93. The minimum Gasteiger partial charge on any atom is -0.335 e. The minimum absolute atomic E-state index is 0.454. The summed E-state index contributed by atoms with van der Waals surface area (Å²) in [5.74, 6) is 1.11. The van der Waals surface area contributed by atoms with Gasteiger partial charge in [0.1, 0.15) is 16.4 Å². The van der Waals surface area contributed by atoms with Gasteiger partial charge >= 0.3 is 0 Å². The predicted molar refractivity (Wildman–Crippen MR) is 51.3 cm³/mol. The van der Waals surface area contributed by atoms with E-state index in [4.69, 9.17) is 16.1 Å². The molecular weight excluding hydrogens is 202 g/mol. The van der Waals surface area contributed by atoms with Gasteiger partial charge in [0.25, 0.3) is 5.71 Å². The summed E-state index contributed by atoms with van der Waals surface area (Å²) in [6.45, 7) is 1.78. The smallest absolute Gasteiger partial charge is 0.262 e. The maximum atomic E-state index is 6.03. The normalized spacial score (nSPS) is 16.4. The molecule has 2 aromatic rings. The number of fused-ring (bicyclic) bond motifs is 1. The number of aromatic nitrogens is 3. The van der Waals surface area contributed by atoms with E-state index in [0.29, 0.717) is 22.6 Å². The van der Waals surface area contributed by atoms with Crippen LogP contribution in [0, 0.1) is 6.92 Å². The van der Waals surface area contributed by atoms with Crippen molar-refractivity contribution in [2.45, 2.75) is 25.7 Å². The maximum Gasteiger partial charge on any atom is 0.262 e. The molecule has 0 unspecified atom stereocenters. The summed E-state index contributed by atoms with van der Waals surface area (Å²) in [5, 5.41) is 5.24. The molecular formula is C9H8ClN3O. The molecule has 0 saturated heterocycles. The van der Waals surface area contributed by atoms with E-state index in [-0.39, 0.29) is 0 Å². The first-order valence-electron chi connectivity index (χ1n) is 4.55. The third-order valence-corrected chi connectivity index (χ3v) is 2.67. The van der Waals surface area contributed by atoms with E-state index in [1.807, 2.05) is 0 Å². The van der Waals surface area contributed by atoms with Gasteiger partial charge in [-0.3, -0.25) is 0 Å². The van der Waals surface area contributed by atoms with Crippen LogP contribution in [0.5, 0.6) is 0 Å². The molecule has 72 valence electrons. The fraction of sp³-hybridized carbons (Fsp3) is 0.444. The van der Waals surface area contributed by atoms with Crippen molar-refractivity contribution >= 4 is 22.7 Å². The largest absolute Gasteiger partial charge is 0.335 e. The molecule has 14 heavy (non-hydrogen) atoms. The number of hydrogen-bond acceptors (Lipinski definition) is 4. The van der Waals surface area contributed by atoms with E-state index in [2.05, 4.69) is 15.1 Å². The fourth-order valence-corrected chi connectivity index (χ4v) is 1.87. The van der Waals surface area contributed by atoms with Gasteiger partial charge < -0.3 is 4.52 Å². The van der Waals surface area contributed by atoms with Crippen LogP contribution >= 0.6 is 11.6 Å². The lowest BCUT2D eigenvalue weighted by molar-refractivity contribution is 0.438. The van der Waals surface area contributed by atoms with Crippen molar-refractivity contribution in [3.8, 4) is 0 Å². The lowest BCUT2D eigenvalue weighted by atomic mass is 10.2. The molecule has 1 fully saturated rings. The van der Waals surface area contributed by atoms with Crippen molar-refractivity contribution in [3.05, 3.63) is 16.7 Å². The summed E-state index contributed by atoms with van der Waals surface area (Å²) in [7, 11) is 0. The average Bonchev–Trinajstić information content (AvgIpc) is 2.87. The Morgan fingerprint density at radius 2 is 2.14 bits per heavy atom. The van der Waals surface area contributed by atoms with E-state index in [1.165, 1.54) is 0 Å². The lowest BCUT2D eigenvalue weighted by Gasteiger charge is -1.94. The second-order valence-corrected chi connectivity index (χ2v) is 3.94. The SMILES string of the molecule is Cc1nc(Cl)c2c(C3CC3)noc2n1. The minimum atomic E-state index is 0.454. The van der Waals surface area contributed by atoms with Crippen LogP contribution in [0.1, 0.15) is 30.3 Å². The standard InChI is InChI=1S/C9H8ClN3O/c1-4-11-8(10)6-7(5-2-3-5)13-14-9(6)12-4/h5H,2-3H2,1H3. The van der Waals surface area contributed by atoms with Gasteiger partial charge in [0, 0.05) is 5.92 Å². The molecule has 0 spiro atoms. The molecule has 0 aliphatic heterocycles. The van der Waals surface area contributed by atoms with Gasteiger partial charge in [-0.2, -0.15) is 4.98 Å². The van der Waals surface area contributed by atoms with Crippen LogP contribution in [0.2, 0.25) is 5.15 Å². The highest BCUT2D eigenvalue weighted by Gasteiger charge is 2.30. The molecule has 1 saturated carbocycles. The number of halogens is 1. The molecule has 4 nitrogen and oxygen atoms in total. The Kier molecular flexibility index (Phi) is 1.56. The van der Waals surface area contributed by atoms with Crippen molar-refractivity contribution in [1.29, 1.82) is 0 Å². The van der Waals surface area contributed by atoms with Gasteiger partial charge in [0.05, 0.1) is 5.69 Å². The monoisotopic (exact) mass is 209 g/mol. The number of nitrogens with zero attached hydrogens (tertiary/aromatic N) is 3. The molecule has 1 aliphatic carbocycles. The number of aryl methyl sites for hydroxylation is 1. The molecule has 0 atom stereocenters. The molecule has 2 heterocycles. The third kappa shape index (κ3) is 1.10. The third-order valence-electron chi connectivity index (χ3n) is 2.39. The van der Waals surface area contributed by atoms with Gasteiger partial charge in [-0.1, -0.05) is 16.8 Å². The topological polar surface area (TPSA) is 51.8 Å². The van der Waals surface area contributed by atoms with Crippen molar-refractivity contribution in [2.24, 2.45) is 0 Å². The molecule has 0 bridgehead atoms. The summed E-state index contributed by atoms with van der Waals surface area (Å²) in [6.07, 6.45) is 2.32. The summed E-state index contributed by atoms with van der Waals surface area (Å²) in [5.41, 5.74) is 1.43. The highest BCUT2D eigenvalue weighted by Crippen LogP contribution is 2.43. The number of hydrogen-bond donors (Lipinski definition) is 0. The summed E-state index contributed by atoms with van der Waals surface area (Å²) in [6, 6.07) is 0.